The predicted octanol–water partition coefficient (Wildman–Crippen LogP) is 4.74. The summed E-state index contributed by atoms with van der Waals surface area (Å²) in [6.45, 7) is 9.37. The van der Waals surface area contributed by atoms with E-state index in [1.807, 2.05) is 12.1 Å². The standard InChI is InChI=1S/C74H85N15O19/c1-42(2)65(82-62(92)22-27-105-29-30-106-28-23-75-60(90)21-25-87-63(93)18-19-64(87)94)69(97)76-44(4)67(95)77-47-14-12-45(13-15-47)41-108-74(102)89-53-36-58(57(104-9)35-51(53)71(99)88-37-43(3)31-56(88)73(89)101)107-26-10-11-61(91)80-59-40-85(7)66(81-59)70(98)79-48-33-54(83(5)38-48)68(96)78-49-34-55(84(6)39-49)72(100)86-24-20-46-32-50(103-8)16-17-52(46)86/h12-20,24,32-36,38-40,42,44,56,65,73,101H,3,10-11,21-23,25-31,37,41H2,1-2,4-9H3,(H,75,90)(H,76,97)(H,77,95)(H,78,96)(H,79,98)(H,80,91)(H,82,92)/t44-,56-,65-,73?/m0/s1. The minimum atomic E-state index is -1.62. The Balaban J connectivity index is 0.664. The molecule has 3 aromatic carbocycles. The van der Waals surface area contributed by atoms with Crippen molar-refractivity contribution in [3.63, 3.8) is 0 Å². The summed E-state index contributed by atoms with van der Waals surface area (Å²) in [6.07, 6.45) is 6.04. The number of methoxy groups -OCH3 is 2. The number of aromatic nitrogens is 5. The molecule has 3 aliphatic heterocycles. The number of amides is 11. The third kappa shape index (κ3) is 19.0. The first-order chi connectivity index (χ1) is 51.7. The molecule has 7 aromatic rings. The lowest BCUT2D eigenvalue weighted by molar-refractivity contribution is -0.137. The third-order valence-electron chi connectivity index (χ3n) is 17.9. The van der Waals surface area contributed by atoms with Gasteiger partial charge in [-0.3, -0.25) is 62.2 Å². The quantitative estimate of drug-likeness (QED) is 0.0156. The van der Waals surface area contributed by atoms with Gasteiger partial charge in [-0.05, 0) is 85.8 Å². The van der Waals surface area contributed by atoms with E-state index in [1.165, 1.54) is 57.0 Å². The van der Waals surface area contributed by atoms with Crippen LogP contribution in [0.3, 0.4) is 0 Å². The molecule has 11 amide bonds. The fraction of sp³-hybridized carbons (Fsp3) is 0.365. The molecule has 7 heterocycles. The van der Waals surface area contributed by atoms with Gasteiger partial charge in [0.15, 0.2) is 23.5 Å². The monoisotopic (exact) mass is 1490 g/mol. The van der Waals surface area contributed by atoms with Gasteiger partial charge in [0.05, 0.1) is 81.4 Å². The summed E-state index contributed by atoms with van der Waals surface area (Å²) in [5.74, 6) is -4.88. The summed E-state index contributed by atoms with van der Waals surface area (Å²) in [5, 5.41) is 31.8. The first kappa shape index (κ1) is 78.2. The van der Waals surface area contributed by atoms with Gasteiger partial charge in [0, 0.05) is 114 Å². The molecular formula is C74H85N15O19. The fourth-order valence-corrected chi connectivity index (χ4v) is 12.2. The lowest BCUT2D eigenvalue weighted by atomic mass is 10.0. The maximum absolute atomic E-state index is 14.3. The number of benzene rings is 3. The van der Waals surface area contributed by atoms with Crippen molar-refractivity contribution in [3.8, 4) is 17.2 Å². The van der Waals surface area contributed by atoms with Crippen LogP contribution in [0.4, 0.5) is 33.4 Å². The molecule has 0 aliphatic carbocycles. The third-order valence-corrected chi connectivity index (χ3v) is 17.9. The molecule has 8 N–H and O–H groups in total. The van der Waals surface area contributed by atoms with E-state index in [4.69, 9.17) is 28.4 Å². The van der Waals surface area contributed by atoms with Crippen LogP contribution in [-0.2, 0) is 75.5 Å². The molecule has 4 aromatic heterocycles. The molecule has 34 heteroatoms. The number of aliphatic hydroxyl groups is 1. The van der Waals surface area contributed by atoms with E-state index in [-0.39, 0.29) is 155 Å². The Bertz CT molecular complexity index is 4640. The maximum atomic E-state index is 14.3. The molecule has 3 aliphatic rings. The Morgan fingerprint density at radius 3 is 2.06 bits per heavy atom. The average Bonchev–Trinajstić information content (AvgIpc) is 1.59. The Kier molecular flexibility index (Phi) is 25.4. The Morgan fingerprint density at radius 2 is 1.36 bits per heavy atom. The van der Waals surface area contributed by atoms with Crippen molar-refractivity contribution in [2.75, 3.05) is 93.1 Å². The topological polar surface area (TPSA) is 407 Å². The minimum absolute atomic E-state index is 0.00724. The lowest BCUT2D eigenvalue weighted by Crippen LogP contribution is -2.53. The van der Waals surface area contributed by atoms with Crippen LogP contribution in [0.1, 0.15) is 100 Å². The van der Waals surface area contributed by atoms with Gasteiger partial charge in [-0.25, -0.2) is 14.7 Å². The number of carbonyl (C=O) groups is 12. The van der Waals surface area contributed by atoms with E-state index < -0.39 is 83.6 Å². The number of hydrogen-bond acceptors (Lipinski definition) is 20. The number of hydrogen-bond donors (Lipinski definition) is 8. The largest absolute Gasteiger partial charge is 0.497 e. The molecule has 10 rings (SSSR count). The number of anilines is 5. The van der Waals surface area contributed by atoms with Gasteiger partial charge in [0.25, 0.3) is 35.4 Å². The number of rotatable bonds is 33. The first-order valence-corrected chi connectivity index (χ1v) is 34.6. The predicted molar refractivity (Wildman–Crippen MR) is 391 cm³/mol. The highest BCUT2D eigenvalue weighted by molar-refractivity contribution is 6.13. The molecule has 570 valence electrons. The smallest absolute Gasteiger partial charge is 0.416 e. The number of fused-ring (bicyclic) bond motifs is 3. The number of aliphatic hydroxyl groups excluding tert-OH is 1. The first-order valence-electron chi connectivity index (χ1n) is 34.6. The van der Waals surface area contributed by atoms with Gasteiger partial charge in [-0.2, -0.15) is 0 Å². The maximum Gasteiger partial charge on any atom is 0.416 e. The van der Waals surface area contributed by atoms with E-state index in [0.29, 0.717) is 39.5 Å². The summed E-state index contributed by atoms with van der Waals surface area (Å²) < 4.78 is 39.9. The van der Waals surface area contributed by atoms with E-state index in [9.17, 15) is 62.6 Å². The molecule has 1 fully saturated rings. The van der Waals surface area contributed by atoms with Gasteiger partial charge >= 0.3 is 6.09 Å². The van der Waals surface area contributed by atoms with Crippen LogP contribution in [0.5, 0.6) is 17.2 Å². The van der Waals surface area contributed by atoms with E-state index in [2.05, 4.69) is 48.8 Å². The lowest BCUT2D eigenvalue weighted by Gasteiger charge is -2.31. The molecule has 0 bridgehead atoms. The number of carbonyl (C=O) groups excluding carboxylic acids is 12. The molecule has 108 heavy (non-hydrogen) atoms. The highest BCUT2D eigenvalue weighted by Gasteiger charge is 2.46. The zero-order chi connectivity index (χ0) is 77.6. The number of ether oxygens (including phenoxy) is 6. The summed E-state index contributed by atoms with van der Waals surface area (Å²) in [5.41, 5.74) is 3.23. The highest BCUT2D eigenvalue weighted by Crippen LogP contribution is 2.42. The molecule has 0 saturated carbocycles. The second-order valence-electron chi connectivity index (χ2n) is 26.1. The van der Waals surface area contributed by atoms with E-state index >= 15 is 0 Å². The van der Waals surface area contributed by atoms with Gasteiger partial charge < -0.3 is 89.3 Å². The second kappa shape index (κ2) is 35.1. The van der Waals surface area contributed by atoms with E-state index in [0.717, 1.165) is 27.3 Å². The summed E-state index contributed by atoms with van der Waals surface area (Å²) in [4.78, 5) is 165. The Morgan fingerprint density at radius 1 is 0.667 bits per heavy atom. The molecule has 0 radical (unpaired) electrons. The van der Waals surface area contributed by atoms with Crippen molar-refractivity contribution in [1.29, 1.82) is 0 Å². The van der Waals surface area contributed by atoms with Crippen LogP contribution in [0.15, 0.2) is 122 Å². The normalized spacial score (nSPS) is 15.1. The van der Waals surface area contributed by atoms with Crippen molar-refractivity contribution in [3.05, 3.63) is 150 Å². The van der Waals surface area contributed by atoms with Crippen LogP contribution in [0.2, 0.25) is 0 Å². The summed E-state index contributed by atoms with van der Waals surface area (Å²) >= 11 is 0. The molecule has 4 atom stereocenters. The zero-order valence-electron chi connectivity index (χ0n) is 60.8. The second-order valence-corrected chi connectivity index (χ2v) is 26.1. The minimum Gasteiger partial charge on any atom is -0.497 e. The van der Waals surface area contributed by atoms with Crippen LogP contribution >= 0.6 is 0 Å². The SMILES string of the molecule is C=C1C[C@H]2C(O)N(C(=O)OCc3ccc(NC(=O)[C@H](C)NC(=O)[C@@H](NC(=O)CCOCCOCCNC(=O)CCN4C(=O)C=CC4=O)C(C)C)cc3)c3cc(OCCCC(=O)Nc4cn(C)c(C(=O)Nc5cc(C(=O)Nc6cc(C(=O)n7ccc8cc(OC)ccc87)n(C)c6)n(C)c5)n4)c(OC)cc3C(=O)N2C1. The molecular weight excluding hydrogens is 1400 g/mol. The van der Waals surface area contributed by atoms with Crippen LogP contribution in [0.25, 0.3) is 10.9 Å². The van der Waals surface area contributed by atoms with Crippen molar-refractivity contribution in [1.82, 2.24) is 49.0 Å². The number of imidazole rings is 1. The number of nitrogens with one attached hydrogen (secondary N) is 7. The number of nitrogens with zero attached hydrogens (tertiary/aromatic N) is 8. The van der Waals surface area contributed by atoms with Gasteiger partial charge in [-0.15, -0.1) is 0 Å². The highest BCUT2D eigenvalue weighted by atomic mass is 16.6. The van der Waals surface area contributed by atoms with Gasteiger partial charge in [0.1, 0.15) is 35.8 Å². The van der Waals surface area contributed by atoms with Crippen LogP contribution in [0, 0.1) is 5.92 Å². The Labute approximate surface area is 619 Å². The van der Waals surface area contributed by atoms with Gasteiger partial charge in [0.2, 0.25) is 35.4 Å². The van der Waals surface area contributed by atoms with Crippen molar-refractivity contribution in [2.45, 2.75) is 83.8 Å². The Hall–Kier alpha value is -12.4. The molecule has 34 nitrogen and oxygen atoms in total. The van der Waals surface area contributed by atoms with Crippen molar-refractivity contribution < 1.29 is 91.1 Å². The molecule has 0 spiro atoms. The average molecular weight is 1490 g/mol. The van der Waals surface area contributed by atoms with Crippen LogP contribution < -0.4 is 56.3 Å². The van der Waals surface area contributed by atoms with Crippen LogP contribution in [-0.4, -0.2) is 200 Å². The summed E-state index contributed by atoms with van der Waals surface area (Å²) in [6, 6.07) is 16.3. The van der Waals surface area contributed by atoms with E-state index in [1.54, 1.807) is 108 Å². The van der Waals surface area contributed by atoms with Gasteiger partial charge in [-0.1, -0.05) is 38.1 Å². The molecule has 1 saturated heterocycles. The number of aryl methyl sites for hydroxylation is 3. The fourth-order valence-electron chi connectivity index (χ4n) is 12.2. The number of imide groups is 1. The van der Waals surface area contributed by atoms with Crippen molar-refractivity contribution in [2.24, 2.45) is 27.1 Å². The zero-order valence-corrected chi connectivity index (χ0v) is 60.8. The molecule has 1 unspecified atom stereocenters. The summed E-state index contributed by atoms with van der Waals surface area (Å²) in [7, 11) is 7.81. The van der Waals surface area contributed by atoms with Crippen molar-refractivity contribution >= 4 is 111 Å².